The predicted molar refractivity (Wildman–Crippen MR) is 118 cm³/mol. The van der Waals surface area contributed by atoms with Crippen LogP contribution in [0, 0.1) is 17.2 Å². The largest absolute Gasteiger partial charge is 0.497 e. The van der Waals surface area contributed by atoms with Gasteiger partial charge in [0, 0.05) is 37.4 Å². The molecule has 0 atom stereocenters. The molecule has 2 aromatic rings. The van der Waals surface area contributed by atoms with Gasteiger partial charge < -0.3 is 19.9 Å². The highest BCUT2D eigenvalue weighted by Gasteiger charge is 2.29. The number of carbonyl (C=O) groups excluding carboxylic acids is 2. The monoisotopic (exact) mass is 421 g/mol. The Morgan fingerprint density at radius 1 is 1.23 bits per heavy atom. The van der Waals surface area contributed by atoms with E-state index in [4.69, 9.17) is 10.00 Å². The molecular weight excluding hydrogens is 394 g/mol. The number of nitriles is 1. The summed E-state index contributed by atoms with van der Waals surface area (Å²) in [7, 11) is 1.59. The molecule has 0 radical (unpaired) electrons. The zero-order valence-electron chi connectivity index (χ0n) is 17.9. The molecule has 1 N–H and O–H groups in total. The molecule has 0 bridgehead atoms. The number of nitrogens with zero attached hydrogens (tertiary/aromatic N) is 4. The number of pyridine rings is 1. The summed E-state index contributed by atoms with van der Waals surface area (Å²) in [6.45, 7) is 3.81. The molecule has 2 amide bonds. The van der Waals surface area contributed by atoms with Gasteiger partial charge in [0.2, 0.25) is 11.8 Å². The lowest BCUT2D eigenvalue weighted by Gasteiger charge is -2.34. The third-order valence-electron chi connectivity index (χ3n) is 5.45. The minimum Gasteiger partial charge on any atom is -0.497 e. The lowest BCUT2D eigenvalue weighted by molar-refractivity contribution is -0.138. The summed E-state index contributed by atoms with van der Waals surface area (Å²) < 4.78 is 5.12. The highest BCUT2D eigenvalue weighted by atomic mass is 16.5. The molecular formula is C23H27N5O3. The Labute approximate surface area is 182 Å². The van der Waals surface area contributed by atoms with Gasteiger partial charge in [-0.05, 0) is 56.2 Å². The summed E-state index contributed by atoms with van der Waals surface area (Å²) in [6, 6.07) is 12.7. The predicted octanol–water partition coefficient (Wildman–Crippen LogP) is 2.67. The van der Waals surface area contributed by atoms with Gasteiger partial charge in [0.05, 0.1) is 19.2 Å². The summed E-state index contributed by atoms with van der Waals surface area (Å²) in [5, 5.41) is 11.7. The first-order valence-electron chi connectivity index (χ1n) is 10.4. The van der Waals surface area contributed by atoms with E-state index >= 15 is 0 Å². The Morgan fingerprint density at radius 3 is 2.48 bits per heavy atom. The number of hydrogen-bond donors (Lipinski definition) is 1. The summed E-state index contributed by atoms with van der Waals surface area (Å²) >= 11 is 0. The molecule has 0 aliphatic carbocycles. The number of carbonyl (C=O) groups is 2. The molecule has 1 aliphatic rings. The van der Waals surface area contributed by atoms with Gasteiger partial charge in [0.1, 0.15) is 17.6 Å². The first-order chi connectivity index (χ1) is 15.0. The van der Waals surface area contributed by atoms with Crippen molar-refractivity contribution >= 4 is 23.3 Å². The molecule has 8 nitrogen and oxygen atoms in total. The summed E-state index contributed by atoms with van der Waals surface area (Å²) in [5.74, 6) is 1.21. The molecule has 162 valence electrons. The molecule has 1 aromatic heterocycles. The number of ether oxygens (including phenoxy) is 1. The van der Waals surface area contributed by atoms with Crippen LogP contribution < -0.4 is 15.0 Å². The number of amides is 2. The minimum atomic E-state index is -0.223. The van der Waals surface area contributed by atoms with Crippen LogP contribution in [0.1, 0.15) is 25.3 Å². The molecule has 0 unspecified atom stereocenters. The SMILES string of the molecule is CCN(CC(=O)Nc1ccc(OC)cc1)C(=O)C1CCN(c2ccc(C#N)cn2)CC1. The molecule has 0 spiro atoms. The third-order valence-corrected chi connectivity index (χ3v) is 5.45. The van der Waals surface area contributed by atoms with E-state index < -0.39 is 0 Å². The van der Waals surface area contributed by atoms with E-state index in [0.29, 0.717) is 49.5 Å². The number of rotatable bonds is 7. The van der Waals surface area contributed by atoms with Gasteiger partial charge in [-0.15, -0.1) is 0 Å². The lowest BCUT2D eigenvalue weighted by Crippen LogP contribution is -2.45. The van der Waals surface area contributed by atoms with Crippen LogP contribution in [0.15, 0.2) is 42.6 Å². The zero-order valence-corrected chi connectivity index (χ0v) is 17.9. The first-order valence-corrected chi connectivity index (χ1v) is 10.4. The van der Waals surface area contributed by atoms with E-state index in [9.17, 15) is 9.59 Å². The third kappa shape index (κ3) is 5.72. The Bertz CT molecular complexity index is 929. The number of piperidine rings is 1. The molecule has 1 fully saturated rings. The van der Waals surface area contributed by atoms with Crippen molar-refractivity contribution in [2.75, 3.05) is 43.5 Å². The van der Waals surface area contributed by atoms with Crippen molar-refractivity contribution in [3.63, 3.8) is 0 Å². The normalized spacial score (nSPS) is 13.9. The number of hydrogen-bond acceptors (Lipinski definition) is 6. The highest BCUT2D eigenvalue weighted by molar-refractivity contribution is 5.94. The second-order valence-electron chi connectivity index (χ2n) is 7.41. The number of methoxy groups -OCH3 is 1. The van der Waals surface area contributed by atoms with Crippen LogP contribution in [0.3, 0.4) is 0 Å². The van der Waals surface area contributed by atoms with Gasteiger partial charge >= 0.3 is 0 Å². The van der Waals surface area contributed by atoms with E-state index in [0.717, 1.165) is 5.82 Å². The average Bonchev–Trinajstić information content (AvgIpc) is 2.82. The van der Waals surface area contributed by atoms with Crippen LogP contribution >= 0.6 is 0 Å². The van der Waals surface area contributed by atoms with Crippen molar-refractivity contribution in [1.29, 1.82) is 5.26 Å². The van der Waals surface area contributed by atoms with E-state index in [1.165, 1.54) is 0 Å². The Hall–Kier alpha value is -3.60. The number of benzene rings is 1. The maximum absolute atomic E-state index is 13.0. The van der Waals surface area contributed by atoms with Gasteiger partial charge in [-0.1, -0.05) is 0 Å². The van der Waals surface area contributed by atoms with Crippen LogP contribution in [0.2, 0.25) is 0 Å². The van der Waals surface area contributed by atoms with Crippen LogP contribution in [0.4, 0.5) is 11.5 Å². The van der Waals surface area contributed by atoms with Crippen molar-refractivity contribution in [2.24, 2.45) is 5.92 Å². The Balaban J connectivity index is 1.51. The summed E-state index contributed by atoms with van der Waals surface area (Å²) in [6.07, 6.45) is 2.97. The molecule has 1 aliphatic heterocycles. The number of anilines is 2. The van der Waals surface area contributed by atoms with E-state index in [-0.39, 0.29) is 24.3 Å². The van der Waals surface area contributed by atoms with Crippen molar-refractivity contribution in [3.05, 3.63) is 48.2 Å². The topological polar surface area (TPSA) is 98.6 Å². The maximum atomic E-state index is 13.0. The first kappa shape index (κ1) is 22.1. The smallest absolute Gasteiger partial charge is 0.243 e. The zero-order chi connectivity index (χ0) is 22.2. The molecule has 1 aromatic carbocycles. The van der Waals surface area contributed by atoms with Crippen LogP contribution in [0.25, 0.3) is 0 Å². The van der Waals surface area contributed by atoms with Crippen molar-refractivity contribution < 1.29 is 14.3 Å². The average molecular weight is 422 g/mol. The molecule has 3 rings (SSSR count). The van der Waals surface area contributed by atoms with Crippen molar-refractivity contribution in [2.45, 2.75) is 19.8 Å². The van der Waals surface area contributed by atoms with Crippen molar-refractivity contribution in [1.82, 2.24) is 9.88 Å². The quantitative estimate of drug-likeness (QED) is 0.738. The lowest BCUT2D eigenvalue weighted by atomic mass is 9.95. The van der Waals surface area contributed by atoms with Crippen LogP contribution in [-0.2, 0) is 9.59 Å². The number of nitrogens with one attached hydrogen (secondary N) is 1. The van der Waals surface area contributed by atoms with Gasteiger partial charge in [0.25, 0.3) is 0 Å². The van der Waals surface area contributed by atoms with Gasteiger partial charge in [-0.25, -0.2) is 4.98 Å². The van der Waals surface area contributed by atoms with E-state index in [2.05, 4.69) is 21.3 Å². The number of likely N-dealkylation sites (N-methyl/N-ethyl adjacent to an activating group) is 1. The maximum Gasteiger partial charge on any atom is 0.243 e. The van der Waals surface area contributed by atoms with Crippen LogP contribution in [-0.4, -0.2) is 55.0 Å². The molecule has 0 saturated carbocycles. The summed E-state index contributed by atoms with van der Waals surface area (Å²) in [4.78, 5) is 33.5. The van der Waals surface area contributed by atoms with Gasteiger partial charge in [-0.3, -0.25) is 9.59 Å². The number of aromatic nitrogens is 1. The molecule has 1 saturated heterocycles. The Morgan fingerprint density at radius 2 is 1.94 bits per heavy atom. The van der Waals surface area contributed by atoms with E-state index in [1.807, 2.05) is 13.0 Å². The van der Waals surface area contributed by atoms with Crippen LogP contribution in [0.5, 0.6) is 5.75 Å². The van der Waals surface area contributed by atoms with Gasteiger partial charge in [0.15, 0.2) is 0 Å². The molecule has 31 heavy (non-hydrogen) atoms. The fraction of sp³-hybridized carbons (Fsp3) is 0.391. The fourth-order valence-corrected chi connectivity index (χ4v) is 3.65. The highest BCUT2D eigenvalue weighted by Crippen LogP contribution is 2.23. The summed E-state index contributed by atoms with van der Waals surface area (Å²) in [5.41, 5.74) is 1.19. The second-order valence-corrected chi connectivity index (χ2v) is 7.41. The Kier molecular flexibility index (Phi) is 7.44. The standard InChI is InChI=1S/C23H27N5O3/c1-3-27(16-22(29)26-19-5-7-20(31-2)8-6-19)23(30)18-10-12-28(13-11-18)21-9-4-17(14-24)15-25-21/h4-9,15,18H,3,10-13,16H2,1-2H3,(H,26,29). The van der Waals surface area contributed by atoms with Crippen molar-refractivity contribution in [3.8, 4) is 11.8 Å². The second kappa shape index (κ2) is 10.4. The minimum absolute atomic E-state index is 0.0137. The van der Waals surface area contributed by atoms with E-state index in [1.54, 1.807) is 48.5 Å². The van der Waals surface area contributed by atoms with Gasteiger partial charge in [-0.2, -0.15) is 5.26 Å². The fourth-order valence-electron chi connectivity index (χ4n) is 3.65. The molecule has 8 heteroatoms. The molecule has 2 heterocycles.